The Morgan fingerprint density at radius 3 is 2.36 bits per heavy atom. The Kier molecular flexibility index (Phi) is 4.24. The van der Waals surface area contributed by atoms with Gasteiger partial charge in [-0.05, 0) is 6.92 Å². The lowest BCUT2D eigenvalue weighted by molar-refractivity contribution is -0.295. The highest BCUT2D eigenvalue weighted by Crippen LogP contribution is 2.21. The van der Waals surface area contributed by atoms with Gasteiger partial charge in [0, 0.05) is 6.61 Å². The zero-order chi connectivity index (χ0) is 10.7. The number of ether oxygens (including phenoxy) is 2. The van der Waals surface area contributed by atoms with Crippen LogP contribution in [-0.2, 0) is 9.47 Å². The van der Waals surface area contributed by atoms with E-state index in [0.717, 1.165) is 0 Å². The van der Waals surface area contributed by atoms with Gasteiger partial charge in [-0.2, -0.15) is 0 Å². The van der Waals surface area contributed by atoms with Crippen LogP contribution in [0.1, 0.15) is 6.92 Å². The summed E-state index contributed by atoms with van der Waals surface area (Å²) in [6, 6.07) is 0. The van der Waals surface area contributed by atoms with Gasteiger partial charge in [0.1, 0.15) is 24.4 Å². The average molecular weight is 208 g/mol. The molecule has 4 N–H and O–H groups in total. The van der Waals surface area contributed by atoms with Gasteiger partial charge in [0.05, 0.1) is 6.61 Å². The van der Waals surface area contributed by atoms with Crippen LogP contribution < -0.4 is 0 Å². The molecule has 0 aromatic rings. The first-order valence-corrected chi connectivity index (χ1v) is 4.54. The van der Waals surface area contributed by atoms with E-state index >= 15 is 0 Å². The maximum Gasteiger partial charge on any atom is 0.184 e. The molecule has 0 spiro atoms. The Balaban J connectivity index is 2.63. The standard InChI is InChI=1S/C8H16O6/c1-2-13-7-6(11)5(10)4(3-9)14-8(7)12/h4-12H,2-3H2,1H3/t4-,5-,6+,7-,8+/m1/s1. The van der Waals surface area contributed by atoms with Gasteiger partial charge in [-0.3, -0.25) is 0 Å². The van der Waals surface area contributed by atoms with Gasteiger partial charge in [0.25, 0.3) is 0 Å². The molecule has 84 valence electrons. The second-order valence-corrected chi connectivity index (χ2v) is 3.15. The average Bonchev–Trinajstić information content (AvgIpc) is 2.18. The molecule has 1 rings (SSSR count). The zero-order valence-corrected chi connectivity index (χ0v) is 7.91. The summed E-state index contributed by atoms with van der Waals surface area (Å²) < 4.78 is 9.86. The number of hydrogen-bond donors (Lipinski definition) is 4. The Labute approximate surface area is 81.7 Å². The van der Waals surface area contributed by atoms with E-state index in [4.69, 9.17) is 14.6 Å². The highest BCUT2D eigenvalue weighted by Gasteiger charge is 2.43. The summed E-state index contributed by atoms with van der Waals surface area (Å²) in [5.74, 6) is 0. The van der Waals surface area contributed by atoms with E-state index in [1.54, 1.807) is 6.92 Å². The van der Waals surface area contributed by atoms with Crippen LogP contribution in [0.2, 0.25) is 0 Å². The van der Waals surface area contributed by atoms with Crippen molar-refractivity contribution in [1.29, 1.82) is 0 Å². The molecule has 0 radical (unpaired) electrons. The third kappa shape index (κ3) is 2.22. The highest BCUT2D eigenvalue weighted by atomic mass is 16.7. The highest BCUT2D eigenvalue weighted by molar-refractivity contribution is 4.89. The summed E-state index contributed by atoms with van der Waals surface area (Å²) in [7, 11) is 0. The van der Waals surface area contributed by atoms with Crippen molar-refractivity contribution in [3.63, 3.8) is 0 Å². The molecule has 1 aliphatic rings. The normalized spacial score (nSPS) is 43.9. The van der Waals surface area contributed by atoms with Crippen LogP contribution in [0.4, 0.5) is 0 Å². The van der Waals surface area contributed by atoms with E-state index < -0.39 is 37.3 Å². The smallest absolute Gasteiger partial charge is 0.184 e. The third-order valence-electron chi connectivity index (χ3n) is 2.20. The van der Waals surface area contributed by atoms with E-state index in [-0.39, 0.29) is 0 Å². The maximum absolute atomic E-state index is 9.51. The molecule has 5 atom stereocenters. The molecule has 1 aliphatic heterocycles. The molecule has 6 nitrogen and oxygen atoms in total. The second kappa shape index (κ2) is 5.01. The Bertz CT molecular complexity index is 175. The zero-order valence-electron chi connectivity index (χ0n) is 7.91. The minimum Gasteiger partial charge on any atom is -0.394 e. The van der Waals surface area contributed by atoms with Crippen molar-refractivity contribution in [2.24, 2.45) is 0 Å². The molecular formula is C8H16O6. The van der Waals surface area contributed by atoms with E-state index in [9.17, 15) is 15.3 Å². The van der Waals surface area contributed by atoms with Crippen LogP contribution in [-0.4, -0.2) is 64.3 Å². The van der Waals surface area contributed by atoms with Gasteiger partial charge in [-0.25, -0.2) is 0 Å². The maximum atomic E-state index is 9.51. The fourth-order valence-corrected chi connectivity index (χ4v) is 1.44. The van der Waals surface area contributed by atoms with Crippen molar-refractivity contribution in [2.75, 3.05) is 13.2 Å². The van der Waals surface area contributed by atoms with Crippen LogP contribution in [0.5, 0.6) is 0 Å². The van der Waals surface area contributed by atoms with Crippen LogP contribution in [0.15, 0.2) is 0 Å². The van der Waals surface area contributed by atoms with Crippen molar-refractivity contribution < 1.29 is 29.9 Å². The van der Waals surface area contributed by atoms with Gasteiger partial charge in [0.2, 0.25) is 0 Å². The van der Waals surface area contributed by atoms with Crippen LogP contribution >= 0.6 is 0 Å². The minimum absolute atomic E-state index is 0.290. The summed E-state index contributed by atoms with van der Waals surface area (Å²) in [6.45, 7) is 1.52. The number of aliphatic hydroxyl groups excluding tert-OH is 4. The van der Waals surface area contributed by atoms with E-state index in [0.29, 0.717) is 6.61 Å². The fraction of sp³-hybridized carbons (Fsp3) is 1.00. The minimum atomic E-state index is -1.33. The van der Waals surface area contributed by atoms with Crippen molar-refractivity contribution in [1.82, 2.24) is 0 Å². The van der Waals surface area contributed by atoms with Gasteiger partial charge < -0.3 is 29.9 Å². The molecule has 0 saturated carbocycles. The summed E-state index contributed by atoms with van der Waals surface area (Å²) in [5, 5.41) is 37.1. The molecule has 0 aromatic heterocycles. The lowest BCUT2D eigenvalue weighted by atomic mass is 9.99. The topological polar surface area (TPSA) is 99.4 Å². The first-order valence-electron chi connectivity index (χ1n) is 4.54. The van der Waals surface area contributed by atoms with E-state index in [2.05, 4.69) is 0 Å². The van der Waals surface area contributed by atoms with Gasteiger partial charge >= 0.3 is 0 Å². The summed E-state index contributed by atoms with van der Waals surface area (Å²) in [4.78, 5) is 0. The van der Waals surface area contributed by atoms with Crippen molar-refractivity contribution in [3.8, 4) is 0 Å². The molecule has 1 saturated heterocycles. The largest absolute Gasteiger partial charge is 0.394 e. The molecule has 1 fully saturated rings. The summed E-state index contributed by atoms with van der Waals surface area (Å²) in [5.41, 5.74) is 0. The van der Waals surface area contributed by atoms with Gasteiger partial charge in [-0.1, -0.05) is 0 Å². The van der Waals surface area contributed by atoms with Crippen molar-refractivity contribution in [3.05, 3.63) is 0 Å². The monoisotopic (exact) mass is 208 g/mol. The van der Waals surface area contributed by atoms with E-state index in [1.807, 2.05) is 0 Å². The molecule has 0 unspecified atom stereocenters. The molecule has 14 heavy (non-hydrogen) atoms. The Morgan fingerprint density at radius 1 is 1.21 bits per heavy atom. The van der Waals surface area contributed by atoms with Crippen molar-refractivity contribution in [2.45, 2.75) is 37.6 Å². The molecule has 6 heteroatoms. The van der Waals surface area contributed by atoms with Crippen molar-refractivity contribution >= 4 is 0 Å². The SMILES string of the molecule is CCO[C@@H]1[C@@H](O)[C@H](O)[C@@H](CO)O[C@@H]1O. The first-order chi connectivity index (χ1) is 6.61. The molecule has 0 bridgehead atoms. The second-order valence-electron chi connectivity index (χ2n) is 3.15. The predicted molar refractivity (Wildman–Crippen MR) is 45.4 cm³/mol. The number of rotatable bonds is 3. The van der Waals surface area contributed by atoms with Gasteiger partial charge in [0.15, 0.2) is 6.29 Å². The number of hydrogen-bond acceptors (Lipinski definition) is 6. The van der Waals surface area contributed by atoms with Crippen LogP contribution in [0.25, 0.3) is 0 Å². The summed E-state index contributed by atoms with van der Waals surface area (Å²) in [6.07, 6.45) is -5.78. The van der Waals surface area contributed by atoms with Crippen LogP contribution in [0, 0.1) is 0 Å². The lowest BCUT2D eigenvalue weighted by Gasteiger charge is -2.39. The Hall–Kier alpha value is -0.240. The predicted octanol–water partition coefficient (Wildman–Crippen LogP) is -2.18. The quantitative estimate of drug-likeness (QED) is 0.421. The lowest BCUT2D eigenvalue weighted by Crippen LogP contribution is -2.59. The fourth-order valence-electron chi connectivity index (χ4n) is 1.44. The van der Waals surface area contributed by atoms with Crippen LogP contribution in [0.3, 0.4) is 0 Å². The molecule has 1 heterocycles. The Morgan fingerprint density at radius 2 is 1.86 bits per heavy atom. The first kappa shape index (κ1) is 11.8. The molecule has 0 aromatic carbocycles. The number of aliphatic hydroxyl groups is 4. The van der Waals surface area contributed by atoms with E-state index in [1.165, 1.54) is 0 Å². The summed E-state index contributed by atoms with van der Waals surface area (Å²) >= 11 is 0. The molecule has 0 aliphatic carbocycles. The molecular weight excluding hydrogens is 192 g/mol. The molecule has 0 amide bonds. The third-order valence-corrected chi connectivity index (χ3v) is 2.20. The van der Waals surface area contributed by atoms with Gasteiger partial charge in [-0.15, -0.1) is 0 Å².